The molecule has 1 atom stereocenters. The van der Waals surface area contributed by atoms with Crippen LogP contribution in [0.4, 0.5) is 0 Å². The molecule has 1 aromatic heterocycles. The number of hydrogen-bond donors (Lipinski definition) is 1. The smallest absolute Gasteiger partial charge is 0.0656 e. The number of halogens is 1. The molecule has 1 aromatic carbocycles. The highest BCUT2D eigenvalue weighted by Gasteiger charge is 2.27. The average molecular weight is 336 g/mol. The predicted octanol–water partition coefficient (Wildman–Crippen LogP) is 4.61. The Morgan fingerprint density at radius 2 is 1.89 bits per heavy atom. The Kier molecular flexibility index (Phi) is 3.54. The van der Waals surface area contributed by atoms with Crippen LogP contribution in [0.3, 0.4) is 0 Å². The highest BCUT2D eigenvalue weighted by Crippen LogP contribution is 2.36. The lowest BCUT2D eigenvalue weighted by molar-refractivity contribution is 0.597. The number of hydrogen-bond acceptors (Lipinski definition) is 2. The standard InChI is InChI=1S/C16H18BrNS/c1-16(18,14-9-19-10-15(14)17)13-7-6-11-4-2-3-5-12(11)8-13/h6-10H,2-5,18H2,1H3. The van der Waals surface area contributed by atoms with Gasteiger partial charge in [0.1, 0.15) is 0 Å². The lowest BCUT2D eigenvalue weighted by atomic mass is 9.83. The maximum Gasteiger partial charge on any atom is 0.0656 e. The fraction of sp³-hybridized carbons (Fsp3) is 0.375. The zero-order valence-corrected chi connectivity index (χ0v) is 13.5. The number of thiophene rings is 1. The van der Waals surface area contributed by atoms with Crippen LogP contribution >= 0.6 is 27.3 Å². The molecule has 19 heavy (non-hydrogen) atoms. The van der Waals surface area contributed by atoms with Crippen LogP contribution in [0.5, 0.6) is 0 Å². The quantitative estimate of drug-likeness (QED) is 0.851. The summed E-state index contributed by atoms with van der Waals surface area (Å²) < 4.78 is 1.11. The summed E-state index contributed by atoms with van der Waals surface area (Å²) in [5.74, 6) is 0. The zero-order chi connectivity index (χ0) is 13.5. The SMILES string of the molecule is CC(N)(c1ccc2c(c1)CCCC2)c1cscc1Br. The topological polar surface area (TPSA) is 26.0 Å². The molecule has 2 aromatic rings. The summed E-state index contributed by atoms with van der Waals surface area (Å²) in [5.41, 5.74) is 11.6. The van der Waals surface area contributed by atoms with Gasteiger partial charge in [0.2, 0.25) is 0 Å². The van der Waals surface area contributed by atoms with Crippen LogP contribution < -0.4 is 5.73 Å². The second-order valence-corrected chi connectivity index (χ2v) is 7.12. The maximum atomic E-state index is 6.61. The van der Waals surface area contributed by atoms with Crippen molar-refractivity contribution in [3.8, 4) is 0 Å². The van der Waals surface area contributed by atoms with Gasteiger partial charge in [-0.2, -0.15) is 11.3 Å². The fourth-order valence-corrected chi connectivity index (χ4v) is 4.69. The minimum Gasteiger partial charge on any atom is -0.318 e. The first-order chi connectivity index (χ1) is 9.09. The summed E-state index contributed by atoms with van der Waals surface area (Å²) in [7, 11) is 0. The lowest BCUT2D eigenvalue weighted by Crippen LogP contribution is -2.34. The lowest BCUT2D eigenvalue weighted by Gasteiger charge is -2.27. The first-order valence-corrected chi connectivity index (χ1v) is 8.46. The Morgan fingerprint density at radius 1 is 1.16 bits per heavy atom. The first-order valence-electron chi connectivity index (χ1n) is 6.72. The van der Waals surface area contributed by atoms with E-state index < -0.39 is 5.54 Å². The Labute approximate surface area is 127 Å². The third-order valence-electron chi connectivity index (χ3n) is 4.12. The molecule has 1 aliphatic rings. The molecule has 3 rings (SSSR count). The third kappa shape index (κ3) is 2.39. The summed E-state index contributed by atoms with van der Waals surface area (Å²) in [6.45, 7) is 2.10. The van der Waals surface area contributed by atoms with Crippen molar-refractivity contribution in [1.82, 2.24) is 0 Å². The van der Waals surface area contributed by atoms with Gasteiger partial charge in [-0.3, -0.25) is 0 Å². The molecule has 1 nitrogen and oxygen atoms in total. The van der Waals surface area contributed by atoms with Gasteiger partial charge in [0.25, 0.3) is 0 Å². The summed E-state index contributed by atoms with van der Waals surface area (Å²) >= 11 is 5.29. The van der Waals surface area contributed by atoms with Gasteiger partial charge in [0.15, 0.2) is 0 Å². The van der Waals surface area contributed by atoms with Crippen molar-refractivity contribution in [2.75, 3.05) is 0 Å². The van der Waals surface area contributed by atoms with Crippen LogP contribution in [0.25, 0.3) is 0 Å². The Balaban J connectivity index is 2.04. The van der Waals surface area contributed by atoms with Gasteiger partial charge < -0.3 is 5.73 Å². The van der Waals surface area contributed by atoms with E-state index in [9.17, 15) is 0 Å². The number of aryl methyl sites for hydroxylation is 2. The summed E-state index contributed by atoms with van der Waals surface area (Å²) in [6, 6.07) is 6.79. The van der Waals surface area contributed by atoms with E-state index in [1.165, 1.54) is 47.9 Å². The van der Waals surface area contributed by atoms with Gasteiger partial charge in [-0.1, -0.05) is 18.2 Å². The van der Waals surface area contributed by atoms with Crippen LogP contribution in [-0.2, 0) is 18.4 Å². The number of fused-ring (bicyclic) bond motifs is 1. The molecular formula is C16H18BrNS. The molecular weight excluding hydrogens is 318 g/mol. The van der Waals surface area contributed by atoms with E-state index in [1.54, 1.807) is 11.3 Å². The zero-order valence-electron chi connectivity index (χ0n) is 11.1. The van der Waals surface area contributed by atoms with Gasteiger partial charge in [0.05, 0.1) is 5.54 Å². The maximum absolute atomic E-state index is 6.61. The van der Waals surface area contributed by atoms with Crippen molar-refractivity contribution >= 4 is 27.3 Å². The van der Waals surface area contributed by atoms with Crippen molar-refractivity contribution in [2.24, 2.45) is 5.73 Å². The molecule has 1 aliphatic carbocycles. The molecule has 3 heteroatoms. The second kappa shape index (κ2) is 5.04. The molecule has 0 saturated carbocycles. The largest absolute Gasteiger partial charge is 0.318 e. The van der Waals surface area contributed by atoms with Crippen LogP contribution in [0.2, 0.25) is 0 Å². The van der Waals surface area contributed by atoms with E-state index >= 15 is 0 Å². The van der Waals surface area contributed by atoms with Gasteiger partial charge >= 0.3 is 0 Å². The van der Waals surface area contributed by atoms with Crippen molar-refractivity contribution in [1.29, 1.82) is 0 Å². The number of nitrogens with two attached hydrogens (primary N) is 1. The van der Waals surface area contributed by atoms with Gasteiger partial charge in [0, 0.05) is 15.4 Å². The molecule has 0 aliphatic heterocycles. The number of rotatable bonds is 2. The van der Waals surface area contributed by atoms with Crippen LogP contribution in [0, 0.1) is 0 Å². The molecule has 0 bridgehead atoms. The summed E-state index contributed by atoms with van der Waals surface area (Å²) in [5, 5.41) is 4.24. The molecule has 100 valence electrons. The van der Waals surface area contributed by atoms with E-state index in [1.807, 2.05) is 0 Å². The molecule has 0 fully saturated rings. The third-order valence-corrected chi connectivity index (χ3v) is 5.83. The van der Waals surface area contributed by atoms with E-state index in [0.717, 1.165) is 4.47 Å². The molecule has 0 saturated heterocycles. The van der Waals surface area contributed by atoms with E-state index in [-0.39, 0.29) is 0 Å². The Hall–Kier alpha value is -0.640. The van der Waals surface area contributed by atoms with Crippen molar-refractivity contribution in [2.45, 2.75) is 38.1 Å². The minimum absolute atomic E-state index is 0.425. The summed E-state index contributed by atoms with van der Waals surface area (Å²) in [6.07, 6.45) is 5.05. The van der Waals surface area contributed by atoms with Crippen molar-refractivity contribution < 1.29 is 0 Å². The van der Waals surface area contributed by atoms with Gasteiger partial charge in [-0.15, -0.1) is 0 Å². The van der Waals surface area contributed by atoms with E-state index in [2.05, 4.69) is 51.8 Å². The van der Waals surface area contributed by atoms with E-state index in [4.69, 9.17) is 5.73 Å². The minimum atomic E-state index is -0.425. The van der Waals surface area contributed by atoms with Crippen LogP contribution in [-0.4, -0.2) is 0 Å². The Bertz CT molecular complexity index is 601. The number of benzene rings is 1. The molecule has 2 N–H and O–H groups in total. The van der Waals surface area contributed by atoms with Crippen molar-refractivity contribution in [3.63, 3.8) is 0 Å². The first kappa shape index (κ1) is 13.3. The molecule has 1 heterocycles. The average Bonchev–Trinajstić information content (AvgIpc) is 2.85. The monoisotopic (exact) mass is 335 g/mol. The van der Waals surface area contributed by atoms with Gasteiger partial charge in [-0.05, 0) is 70.6 Å². The summed E-state index contributed by atoms with van der Waals surface area (Å²) in [4.78, 5) is 0. The fourth-order valence-electron chi connectivity index (χ4n) is 2.86. The van der Waals surface area contributed by atoms with Crippen LogP contribution in [0.1, 0.15) is 42.0 Å². The van der Waals surface area contributed by atoms with Crippen molar-refractivity contribution in [3.05, 3.63) is 55.7 Å². The predicted molar refractivity (Wildman–Crippen MR) is 85.7 cm³/mol. The highest BCUT2D eigenvalue weighted by atomic mass is 79.9. The molecule has 0 amide bonds. The second-order valence-electron chi connectivity index (χ2n) is 5.53. The van der Waals surface area contributed by atoms with Gasteiger partial charge in [-0.25, -0.2) is 0 Å². The molecule has 0 radical (unpaired) electrons. The van der Waals surface area contributed by atoms with Crippen LogP contribution in [0.15, 0.2) is 33.4 Å². The molecule has 0 spiro atoms. The van der Waals surface area contributed by atoms with E-state index in [0.29, 0.717) is 0 Å². The Morgan fingerprint density at radius 3 is 2.58 bits per heavy atom. The normalized spacial score (nSPS) is 17.8. The molecule has 1 unspecified atom stereocenters. The highest BCUT2D eigenvalue weighted by molar-refractivity contribution is 9.10.